The summed E-state index contributed by atoms with van der Waals surface area (Å²) in [7, 11) is 0. The molecule has 178 valence electrons. The van der Waals surface area contributed by atoms with Crippen molar-refractivity contribution in [3.8, 4) is 11.3 Å². The largest absolute Gasteiger partial charge is 0.381 e. The lowest BCUT2D eigenvalue weighted by molar-refractivity contribution is -0.120. The van der Waals surface area contributed by atoms with E-state index in [-0.39, 0.29) is 17.6 Å². The highest BCUT2D eigenvalue weighted by atomic mass is 35.5. The molecular formula is C24H31ClFN5O2. The minimum Gasteiger partial charge on any atom is -0.381 e. The van der Waals surface area contributed by atoms with Gasteiger partial charge in [-0.15, -0.1) is 0 Å². The molecule has 2 aliphatic heterocycles. The summed E-state index contributed by atoms with van der Waals surface area (Å²) in [4.78, 5) is 21.4. The molecule has 4 heterocycles. The maximum atomic E-state index is 14.4. The fraction of sp³-hybridized carbons (Fsp3) is 0.542. The van der Waals surface area contributed by atoms with Crippen molar-refractivity contribution in [3.63, 3.8) is 0 Å². The summed E-state index contributed by atoms with van der Waals surface area (Å²) in [6.07, 6.45) is 6.27. The first kappa shape index (κ1) is 23.9. The Bertz CT molecular complexity index is 962. The molecule has 9 heteroatoms. The molecule has 2 aliphatic rings. The topological polar surface area (TPSA) is 88.2 Å². The molecule has 2 saturated heterocycles. The number of piperidine rings is 1. The normalized spacial score (nSPS) is 21.5. The standard InChI is InChI=1S/C24H31ClFN5O2/c1-2-17-4-3-16(13-27-17)24(32)31-22-11-18(19(25)14-28-22)21-6-5-20(26)23(30-21)29-12-15-7-9-33-10-8-15/h5-6,11,14-17,27H,2-4,7-10,12-13H2,1H3,(H,29,30)(H,28,31,32)/t16-,17+/m0/s1. The van der Waals surface area contributed by atoms with Crippen LogP contribution in [0.25, 0.3) is 11.3 Å². The zero-order chi connectivity index (χ0) is 23.2. The van der Waals surface area contributed by atoms with E-state index in [1.165, 1.54) is 12.3 Å². The molecule has 2 aromatic heterocycles. The van der Waals surface area contributed by atoms with Crippen LogP contribution in [0.1, 0.15) is 39.0 Å². The molecule has 0 aliphatic carbocycles. The van der Waals surface area contributed by atoms with Gasteiger partial charge in [0.2, 0.25) is 5.91 Å². The number of nitrogens with zero attached hydrogens (tertiary/aromatic N) is 2. The summed E-state index contributed by atoms with van der Waals surface area (Å²) in [5.74, 6) is 0.440. The lowest BCUT2D eigenvalue weighted by Crippen LogP contribution is -2.43. The van der Waals surface area contributed by atoms with Crippen molar-refractivity contribution in [2.45, 2.75) is 45.1 Å². The van der Waals surface area contributed by atoms with Gasteiger partial charge in [-0.1, -0.05) is 18.5 Å². The summed E-state index contributed by atoms with van der Waals surface area (Å²) < 4.78 is 19.8. The summed E-state index contributed by atoms with van der Waals surface area (Å²) in [6.45, 7) is 4.91. The Hall–Kier alpha value is -2.29. The number of aromatic nitrogens is 2. The molecule has 0 bridgehead atoms. The fourth-order valence-electron chi connectivity index (χ4n) is 4.33. The van der Waals surface area contributed by atoms with Crippen molar-refractivity contribution in [2.24, 2.45) is 11.8 Å². The molecule has 1 amide bonds. The molecule has 4 rings (SSSR count). The number of carbonyl (C=O) groups is 1. The van der Waals surface area contributed by atoms with Crippen molar-refractivity contribution in [1.82, 2.24) is 15.3 Å². The maximum Gasteiger partial charge on any atom is 0.229 e. The Kier molecular flexibility index (Phi) is 8.11. The van der Waals surface area contributed by atoms with Crippen molar-refractivity contribution in [2.75, 3.05) is 36.9 Å². The molecule has 2 aromatic rings. The molecule has 0 spiro atoms. The molecule has 2 atom stereocenters. The van der Waals surface area contributed by atoms with Crippen LogP contribution in [0.2, 0.25) is 5.02 Å². The van der Waals surface area contributed by atoms with E-state index in [1.54, 1.807) is 12.1 Å². The van der Waals surface area contributed by atoms with E-state index >= 15 is 0 Å². The Morgan fingerprint density at radius 3 is 2.82 bits per heavy atom. The number of pyridine rings is 2. The molecule has 0 aromatic carbocycles. The van der Waals surface area contributed by atoms with Gasteiger partial charge in [0.25, 0.3) is 0 Å². The molecule has 0 unspecified atom stereocenters. The SMILES string of the molecule is CC[C@@H]1CC[C@H](C(=O)Nc2cc(-c3ccc(F)c(NCC4CCOCC4)n3)c(Cl)cn2)CN1. The summed E-state index contributed by atoms with van der Waals surface area (Å²) >= 11 is 6.39. The predicted octanol–water partition coefficient (Wildman–Crippen LogP) is 4.49. The van der Waals surface area contributed by atoms with E-state index in [2.05, 4.69) is 32.8 Å². The van der Waals surface area contributed by atoms with Crippen LogP contribution in [0.15, 0.2) is 24.4 Å². The van der Waals surface area contributed by atoms with Gasteiger partial charge in [-0.2, -0.15) is 0 Å². The number of hydrogen-bond acceptors (Lipinski definition) is 6. The van der Waals surface area contributed by atoms with Gasteiger partial charge in [-0.05, 0) is 56.2 Å². The van der Waals surface area contributed by atoms with Crippen LogP contribution in [0.3, 0.4) is 0 Å². The summed E-state index contributed by atoms with van der Waals surface area (Å²) in [6, 6.07) is 5.13. The Morgan fingerprint density at radius 1 is 1.27 bits per heavy atom. The number of amides is 1. The second kappa shape index (κ2) is 11.2. The third-order valence-electron chi connectivity index (χ3n) is 6.51. The quantitative estimate of drug-likeness (QED) is 0.546. The van der Waals surface area contributed by atoms with Crippen LogP contribution >= 0.6 is 11.6 Å². The van der Waals surface area contributed by atoms with Crippen LogP contribution in [-0.2, 0) is 9.53 Å². The van der Waals surface area contributed by atoms with Crippen molar-refractivity contribution in [1.29, 1.82) is 0 Å². The van der Waals surface area contributed by atoms with Gasteiger partial charge in [0.05, 0.1) is 16.6 Å². The second-order valence-electron chi connectivity index (χ2n) is 8.79. The molecule has 0 radical (unpaired) electrons. The van der Waals surface area contributed by atoms with Crippen molar-refractivity contribution < 1.29 is 13.9 Å². The first-order valence-electron chi connectivity index (χ1n) is 11.7. The van der Waals surface area contributed by atoms with E-state index in [0.29, 0.717) is 47.1 Å². The van der Waals surface area contributed by atoms with Gasteiger partial charge in [-0.25, -0.2) is 14.4 Å². The fourth-order valence-corrected chi connectivity index (χ4v) is 4.53. The van der Waals surface area contributed by atoms with E-state index < -0.39 is 5.82 Å². The zero-order valence-electron chi connectivity index (χ0n) is 18.9. The number of nitrogens with one attached hydrogen (secondary N) is 3. The average Bonchev–Trinajstić information content (AvgIpc) is 2.85. The molecular weight excluding hydrogens is 445 g/mol. The number of halogens is 2. The van der Waals surface area contributed by atoms with E-state index in [9.17, 15) is 9.18 Å². The minimum absolute atomic E-state index is 0.0660. The smallest absolute Gasteiger partial charge is 0.229 e. The van der Waals surface area contributed by atoms with Crippen LogP contribution in [0.4, 0.5) is 16.0 Å². The first-order valence-corrected chi connectivity index (χ1v) is 12.1. The van der Waals surface area contributed by atoms with Crippen molar-refractivity contribution >= 4 is 29.1 Å². The predicted molar refractivity (Wildman–Crippen MR) is 128 cm³/mol. The van der Waals surface area contributed by atoms with Crippen LogP contribution in [0, 0.1) is 17.7 Å². The van der Waals surface area contributed by atoms with Crippen LogP contribution < -0.4 is 16.0 Å². The molecule has 2 fully saturated rings. The highest BCUT2D eigenvalue weighted by Gasteiger charge is 2.25. The molecule has 7 nitrogen and oxygen atoms in total. The molecule has 0 saturated carbocycles. The lowest BCUT2D eigenvalue weighted by atomic mass is 9.93. The molecule has 33 heavy (non-hydrogen) atoms. The van der Waals surface area contributed by atoms with Gasteiger partial charge in [0.15, 0.2) is 11.6 Å². The number of ether oxygens (including phenoxy) is 1. The zero-order valence-corrected chi connectivity index (χ0v) is 19.6. The van der Waals surface area contributed by atoms with Gasteiger partial charge >= 0.3 is 0 Å². The van der Waals surface area contributed by atoms with Crippen LogP contribution in [-0.4, -0.2) is 48.2 Å². The van der Waals surface area contributed by atoms with E-state index in [0.717, 1.165) is 45.3 Å². The van der Waals surface area contributed by atoms with E-state index in [1.807, 2.05) is 0 Å². The molecule has 3 N–H and O–H groups in total. The van der Waals surface area contributed by atoms with Crippen LogP contribution in [0.5, 0.6) is 0 Å². The summed E-state index contributed by atoms with van der Waals surface area (Å²) in [5.41, 5.74) is 1.10. The van der Waals surface area contributed by atoms with Gasteiger partial charge in [0.1, 0.15) is 5.82 Å². The number of carbonyl (C=O) groups excluding carboxylic acids is 1. The lowest BCUT2D eigenvalue weighted by Gasteiger charge is -2.28. The average molecular weight is 476 g/mol. The highest BCUT2D eigenvalue weighted by Crippen LogP contribution is 2.30. The monoisotopic (exact) mass is 475 g/mol. The van der Waals surface area contributed by atoms with Gasteiger partial charge < -0.3 is 20.7 Å². The minimum atomic E-state index is -0.417. The maximum absolute atomic E-state index is 14.4. The third kappa shape index (κ3) is 6.19. The summed E-state index contributed by atoms with van der Waals surface area (Å²) in [5, 5.41) is 9.83. The first-order chi connectivity index (χ1) is 16.0. The highest BCUT2D eigenvalue weighted by molar-refractivity contribution is 6.33. The van der Waals surface area contributed by atoms with Crippen molar-refractivity contribution in [3.05, 3.63) is 35.2 Å². The third-order valence-corrected chi connectivity index (χ3v) is 6.81. The number of rotatable bonds is 7. The Labute approximate surface area is 198 Å². The Morgan fingerprint density at radius 2 is 2.09 bits per heavy atom. The second-order valence-corrected chi connectivity index (χ2v) is 9.20. The Balaban J connectivity index is 1.45. The number of hydrogen-bond donors (Lipinski definition) is 3. The van der Waals surface area contributed by atoms with Gasteiger partial charge in [-0.3, -0.25) is 4.79 Å². The van der Waals surface area contributed by atoms with E-state index in [4.69, 9.17) is 16.3 Å². The number of anilines is 2. The van der Waals surface area contributed by atoms with Gasteiger partial charge in [0, 0.05) is 44.1 Å².